The van der Waals surface area contributed by atoms with Gasteiger partial charge in [0.1, 0.15) is 0 Å². The predicted octanol–water partition coefficient (Wildman–Crippen LogP) is 4.01. The predicted molar refractivity (Wildman–Crippen MR) is 101 cm³/mol. The quantitative estimate of drug-likeness (QED) is 0.466. The van der Waals surface area contributed by atoms with Gasteiger partial charge in [0, 0.05) is 12.1 Å². The van der Waals surface area contributed by atoms with E-state index in [0.29, 0.717) is 0 Å². The van der Waals surface area contributed by atoms with Crippen LogP contribution >= 0.6 is 0 Å². The fraction of sp³-hybridized carbons (Fsp3) is 0.0952. The highest BCUT2D eigenvalue weighted by molar-refractivity contribution is 6.02. The van der Waals surface area contributed by atoms with Crippen LogP contribution in [0.2, 0.25) is 0 Å². The van der Waals surface area contributed by atoms with Gasteiger partial charge in [-0.1, -0.05) is 48.5 Å². The molecule has 0 bridgehead atoms. The summed E-state index contributed by atoms with van der Waals surface area (Å²) in [6.07, 6.45) is -1.56. The summed E-state index contributed by atoms with van der Waals surface area (Å²) in [5, 5.41) is 33.2. The number of benzene rings is 3. The molecule has 1 unspecified atom stereocenters. The summed E-state index contributed by atoms with van der Waals surface area (Å²) in [5.41, 5.74) is 0.848. The van der Waals surface area contributed by atoms with Gasteiger partial charge in [0.25, 0.3) is 0 Å². The molecule has 136 valence electrons. The Bertz CT molecular complexity index is 1070. The second-order valence-electron chi connectivity index (χ2n) is 6.22. The number of hydrogen-bond acceptors (Lipinski definition) is 4. The van der Waals surface area contributed by atoms with Crippen molar-refractivity contribution in [1.29, 1.82) is 0 Å². The maximum atomic E-state index is 11.7. The molecule has 1 heterocycles. The molecule has 27 heavy (non-hydrogen) atoms. The van der Waals surface area contributed by atoms with E-state index in [0.717, 1.165) is 31.7 Å². The molecule has 4 rings (SSSR count). The molecule has 0 aliphatic carbocycles. The van der Waals surface area contributed by atoms with E-state index < -0.39 is 12.2 Å². The van der Waals surface area contributed by atoms with Crippen LogP contribution < -0.4 is 0 Å². The average Bonchev–Trinajstić information content (AvgIpc) is 2.99. The van der Waals surface area contributed by atoms with Crippen molar-refractivity contribution >= 4 is 27.5 Å². The molecule has 0 spiro atoms. The van der Waals surface area contributed by atoms with Crippen LogP contribution in [-0.2, 0) is 16.1 Å². The Morgan fingerprint density at radius 3 is 1.93 bits per heavy atom. The van der Waals surface area contributed by atoms with E-state index in [9.17, 15) is 20.1 Å². The summed E-state index contributed by atoms with van der Waals surface area (Å²) >= 11 is 0. The van der Waals surface area contributed by atoms with E-state index in [4.69, 9.17) is 4.74 Å². The van der Waals surface area contributed by atoms with E-state index in [-0.39, 0.29) is 18.4 Å². The number of hydrogen-bond donors (Lipinski definition) is 3. The lowest BCUT2D eigenvalue weighted by Gasteiger charge is -2.19. The van der Waals surface area contributed by atoms with Gasteiger partial charge in [-0.15, -0.1) is 0 Å². The van der Waals surface area contributed by atoms with E-state index in [1.54, 1.807) is 0 Å². The molecule has 0 saturated carbocycles. The SMILES string of the molecule is O=C(O)C(OCc1c2ccccc2cc2ccccc12)n1c(O)ccc1O. The summed E-state index contributed by atoms with van der Waals surface area (Å²) in [5.74, 6) is -2.09. The molecule has 1 atom stereocenters. The third-order valence-corrected chi connectivity index (χ3v) is 4.59. The van der Waals surface area contributed by atoms with Gasteiger partial charge in [-0.25, -0.2) is 9.36 Å². The van der Waals surface area contributed by atoms with Gasteiger partial charge in [0.15, 0.2) is 11.8 Å². The van der Waals surface area contributed by atoms with Gasteiger partial charge >= 0.3 is 5.97 Å². The van der Waals surface area contributed by atoms with Gasteiger partial charge in [0.05, 0.1) is 6.61 Å². The summed E-state index contributed by atoms with van der Waals surface area (Å²) in [7, 11) is 0. The third-order valence-electron chi connectivity index (χ3n) is 4.59. The molecule has 0 radical (unpaired) electrons. The molecular weight excluding hydrogens is 346 g/mol. The zero-order valence-corrected chi connectivity index (χ0v) is 14.2. The highest BCUT2D eigenvalue weighted by Gasteiger charge is 2.26. The zero-order valence-electron chi connectivity index (χ0n) is 14.2. The van der Waals surface area contributed by atoms with Crippen LogP contribution in [0, 0.1) is 0 Å². The Hall–Kier alpha value is -3.51. The van der Waals surface area contributed by atoms with Crippen LogP contribution in [0.5, 0.6) is 11.8 Å². The largest absolute Gasteiger partial charge is 0.494 e. The standard InChI is InChI=1S/C21H17NO5/c23-18-9-10-19(24)22(18)20(21(25)26)27-12-17-15-7-3-1-5-13(15)11-14-6-2-4-8-16(14)17/h1-11,20,23-24H,12H2,(H,25,26). The molecule has 6 heteroatoms. The minimum atomic E-state index is -1.56. The number of nitrogens with zero attached hydrogens (tertiary/aromatic N) is 1. The number of ether oxygens (including phenoxy) is 1. The van der Waals surface area contributed by atoms with Gasteiger partial charge in [-0.3, -0.25) is 0 Å². The number of carbonyl (C=O) groups is 1. The van der Waals surface area contributed by atoms with Crippen LogP contribution in [0.4, 0.5) is 0 Å². The number of aromatic nitrogens is 1. The number of aromatic hydroxyl groups is 2. The van der Waals surface area contributed by atoms with Gasteiger partial charge in [0.2, 0.25) is 6.23 Å². The Balaban J connectivity index is 1.79. The highest BCUT2D eigenvalue weighted by Crippen LogP contribution is 2.32. The van der Waals surface area contributed by atoms with Crippen LogP contribution in [0.15, 0.2) is 66.7 Å². The molecule has 6 nitrogen and oxygen atoms in total. The first-order chi connectivity index (χ1) is 13.1. The molecule has 0 saturated heterocycles. The molecule has 0 amide bonds. The van der Waals surface area contributed by atoms with Gasteiger partial charge in [-0.2, -0.15) is 0 Å². The lowest BCUT2D eigenvalue weighted by Crippen LogP contribution is -2.21. The van der Waals surface area contributed by atoms with Gasteiger partial charge < -0.3 is 20.1 Å². The normalized spacial score (nSPS) is 12.4. The molecule has 1 aromatic heterocycles. The Morgan fingerprint density at radius 1 is 0.889 bits per heavy atom. The molecule has 4 aromatic rings. The van der Waals surface area contributed by atoms with Gasteiger partial charge in [-0.05, 0) is 33.2 Å². The van der Waals surface area contributed by atoms with Crippen LogP contribution in [0.3, 0.4) is 0 Å². The maximum Gasteiger partial charge on any atom is 0.354 e. The average molecular weight is 363 g/mol. The van der Waals surface area contributed by atoms with Crippen molar-refractivity contribution in [3.05, 3.63) is 72.3 Å². The smallest absolute Gasteiger partial charge is 0.354 e. The lowest BCUT2D eigenvalue weighted by molar-refractivity contribution is -0.159. The van der Waals surface area contributed by atoms with E-state index in [2.05, 4.69) is 6.07 Å². The zero-order chi connectivity index (χ0) is 19.0. The van der Waals surface area contributed by atoms with Crippen molar-refractivity contribution in [3.63, 3.8) is 0 Å². The van der Waals surface area contributed by atoms with Crippen LogP contribution in [0.1, 0.15) is 11.8 Å². The van der Waals surface area contributed by atoms with Crippen molar-refractivity contribution in [1.82, 2.24) is 4.57 Å². The second kappa shape index (κ2) is 6.66. The molecule has 0 aliphatic heterocycles. The monoisotopic (exact) mass is 363 g/mol. The van der Waals surface area contributed by atoms with Crippen molar-refractivity contribution in [2.75, 3.05) is 0 Å². The number of carboxylic acids is 1. The fourth-order valence-electron chi connectivity index (χ4n) is 3.35. The Morgan fingerprint density at radius 2 is 1.41 bits per heavy atom. The van der Waals surface area contributed by atoms with Crippen molar-refractivity contribution < 1.29 is 24.9 Å². The molecule has 0 aliphatic rings. The summed E-state index contributed by atoms with van der Waals surface area (Å²) < 4.78 is 6.48. The number of rotatable bonds is 5. The summed E-state index contributed by atoms with van der Waals surface area (Å²) in [4.78, 5) is 11.7. The van der Waals surface area contributed by atoms with E-state index in [1.807, 2.05) is 48.5 Å². The topological polar surface area (TPSA) is 91.9 Å². The van der Waals surface area contributed by atoms with Crippen molar-refractivity contribution in [3.8, 4) is 11.8 Å². The third kappa shape index (κ3) is 2.96. The molecule has 0 fully saturated rings. The van der Waals surface area contributed by atoms with Crippen molar-refractivity contribution in [2.45, 2.75) is 12.8 Å². The minimum Gasteiger partial charge on any atom is -0.494 e. The van der Waals surface area contributed by atoms with Crippen LogP contribution in [0.25, 0.3) is 21.5 Å². The first kappa shape index (κ1) is 16.9. The first-order valence-electron chi connectivity index (χ1n) is 8.39. The van der Waals surface area contributed by atoms with Crippen molar-refractivity contribution in [2.24, 2.45) is 0 Å². The fourth-order valence-corrected chi connectivity index (χ4v) is 3.35. The summed E-state index contributed by atoms with van der Waals surface area (Å²) in [6, 6.07) is 20.1. The Kier molecular flexibility index (Phi) is 4.18. The number of carboxylic acid groups (broad SMARTS) is 1. The maximum absolute atomic E-state index is 11.7. The Labute approximate surface area is 154 Å². The number of fused-ring (bicyclic) bond motifs is 2. The summed E-state index contributed by atoms with van der Waals surface area (Å²) in [6.45, 7) is -0.00407. The molecule has 3 aromatic carbocycles. The first-order valence-corrected chi connectivity index (χ1v) is 8.39. The molecular formula is C21H17NO5. The molecule has 3 N–H and O–H groups in total. The minimum absolute atomic E-state index is 0.00407. The van der Waals surface area contributed by atoms with Crippen LogP contribution in [-0.4, -0.2) is 25.9 Å². The van der Waals surface area contributed by atoms with E-state index in [1.165, 1.54) is 12.1 Å². The number of aliphatic carboxylic acids is 1. The lowest BCUT2D eigenvalue weighted by atomic mass is 9.97. The second-order valence-corrected chi connectivity index (χ2v) is 6.22. The van der Waals surface area contributed by atoms with E-state index >= 15 is 0 Å². The highest BCUT2D eigenvalue weighted by atomic mass is 16.5.